The molecule has 2 N–H and O–H groups in total. The van der Waals surface area contributed by atoms with Crippen molar-refractivity contribution in [2.75, 3.05) is 6.54 Å². The molecule has 0 aliphatic rings. The van der Waals surface area contributed by atoms with E-state index in [1.54, 1.807) is 13.0 Å². The Labute approximate surface area is 127 Å². The average molecular weight is 331 g/mol. The molecule has 2 aromatic rings. The Hall–Kier alpha value is -2.16. The van der Waals surface area contributed by atoms with E-state index >= 15 is 0 Å². The van der Waals surface area contributed by atoms with Crippen LogP contribution in [0.5, 0.6) is 0 Å². The van der Waals surface area contributed by atoms with Gasteiger partial charge in [0.25, 0.3) is 11.5 Å². The van der Waals surface area contributed by atoms with Crippen molar-refractivity contribution in [1.29, 1.82) is 0 Å². The van der Waals surface area contributed by atoms with Gasteiger partial charge < -0.3 is 10.3 Å². The van der Waals surface area contributed by atoms with Gasteiger partial charge in [-0.25, -0.2) is 4.98 Å². The molecule has 118 valence electrons. The van der Waals surface area contributed by atoms with Crippen LogP contribution < -0.4 is 10.9 Å². The highest BCUT2D eigenvalue weighted by molar-refractivity contribution is 7.09. The van der Waals surface area contributed by atoms with Crippen LogP contribution >= 0.6 is 11.3 Å². The van der Waals surface area contributed by atoms with E-state index in [2.05, 4.69) is 15.3 Å². The first kappa shape index (κ1) is 16.2. The predicted molar refractivity (Wildman–Crippen MR) is 75.0 cm³/mol. The average Bonchev–Trinajstić information content (AvgIpc) is 2.87. The van der Waals surface area contributed by atoms with E-state index in [1.165, 1.54) is 6.07 Å². The molecular weight excluding hydrogens is 319 g/mol. The number of aryl methyl sites for hydroxylation is 1. The van der Waals surface area contributed by atoms with Gasteiger partial charge in [-0.2, -0.15) is 13.2 Å². The maximum absolute atomic E-state index is 12.4. The van der Waals surface area contributed by atoms with E-state index in [-0.39, 0.29) is 23.5 Å². The van der Waals surface area contributed by atoms with Crippen LogP contribution in [0.25, 0.3) is 0 Å². The van der Waals surface area contributed by atoms with E-state index in [0.717, 1.165) is 16.7 Å². The fraction of sp³-hybridized carbons (Fsp3) is 0.308. The van der Waals surface area contributed by atoms with E-state index in [4.69, 9.17) is 0 Å². The molecule has 0 bridgehead atoms. The first-order chi connectivity index (χ1) is 10.3. The zero-order valence-corrected chi connectivity index (χ0v) is 12.3. The van der Waals surface area contributed by atoms with Gasteiger partial charge >= 0.3 is 6.18 Å². The number of alkyl halides is 3. The minimum Gasteiger partial charge on any atom is -0.351 e. The largest absolute Gasteiger partial charge is 0.434 e. The molecule has 0 radical (unpaired) electrons. The lowest BCUT2D eigenvalue weighted by Crippen LogP contribution is -2.31. The molecule has 5 nitrogen and oxygen atoms in total. The third kappa shape index (κ3) is 3.94. The Morgan fingerprint density at radius 1 is 1.41 bits per heavy atom. The SMILES string of the molecule is Cc1ccc(C(=O)NCCc2nc(C(F)(F)F)cs2)c(=O)[nH]1. The summed E-state index contributed by atoms with van der Waals surface area (Å²) in [7, 11) is 0. The van der Waals surface area contributed by atoms with Gasteiger partial charge in [-0.3, -0.25) is 9.59 Å². The number of carbonyl (C=O) groups excluding carboxylic acids is 1. The fourth-order valence-corrected chi connectivity index (χ4v) is 2.49. The van der Waals surface area contributed by atoms with Crippen molar-refractivity contribution in [3.8, 4) is 0 Å². The number of aromatic amines is 1. The lowest BCUT2D eigenvalue weighted by molar-refractivity contribution is -0.140. The molecule has 9 heteroatoms. The molecule has 0 unspecified atom stereocenters. The van der Waals surface area contributed by atoms with E-state index < -0.39 is 23.3 Å². The molecule has 1 amide bonds. The van der Waals surface area contributed by atoms with E-state index in [1.807, 2.05) is 0 Å². The quantitative estimate of drug-likeness (QED) is 0.901. The van der Waals surface area contributed by atoms with Crippen LogP contribution in [0, 0.1) is 6.92 Å². The standard InChI is InChI=1S/C13H12F3N3O2S/c1-7-2-3-8(12(21)18-7)11(20)17-5-4-10-19-9(6-22-10)13(14,15)16/h2-3,6H,4-5H2,1H3,(H,17,20)(H,18,21). The zero-order valence-electron chi connectivity index (χ0n) is 11.5. The summed E-state index contributed by atoms with van der Waals surface area (Å²) < 4.78 is 37.2. The molecule has 2 aromatic heterocycles. The normalized spacial score (nSPS) is 11.5. The Bertz CT molecular complexity index is 737. The molecule has 0 fully saturated rings. The van der Waals surface area contributed by atoms with Crippen molar-refractivity contribution < 1.29 is 18.0 Å². The van der Waals surface area contributed by atoms with E-state index in [0.29, 0.717) is 5.69 Å². The molecule has 0 saturated carbocycles. The Kier molecular flexibility index (Phi) is 4.65. The third-order valence-corrected chi connectivity index (χ3v) is 3.68. The van der Waals surface area contributed by atoms with Crippen LogP contribution in [-0.4, -0.2) is 22.4 Å². The maximum atomic E-state index is 12.4. The molecule has 2 heterocycles. The van der Waals surface area contributed by atoms with Gasteiger partial charge in [0.15, 0.2) is 5.69 Å². The highest BCUT2D eigenvalue weighted by Crippen LogP contribution is 2.29. The lowest BCUT2D eigenvalue weighted by atomic mass is 10.2. The fourth-order valence-electron chi connectivity index (χ4n) is 1.69. The summed E-state index contributed by atoms with van der Waals surface area (Å²) in [5.74, 6) is -0.575. The molecule has 0 aromatic carbocycles. The van der Waals surface area contributed by atoms with Crippen LogP contribution in [-0.2, 0) is 12.6 Å². The molecular formula is C13H12F3N3O2S. The number of hydrogen-bond acceptors (Lipinski definition) is 4. The number of halogens is 3. The molecule has 0 aliphatic carbocycles. The monoisotopic (exact) mass is 331 g/mol. The number of H-pyrrole nitrogens is 1. The van der Waals surface area contributed by atoms with Crippen LogP contribution in [0.2, 0.25) is 0 Å². The number of hydrogen-bond donors (Lipinski definition) is 2. The molecule has 0 saturated heterocycles. The van der Waals surface area contributed by atoms with Crippen molar-refractivity contribution in [2.45, 2.75) is 19.5 Å². The maximum Gasteiger partial charge on any atom is 0.434 e. The number of thiazole rings is 1. The molecule has 2 rings (SSSR count). The van der Waals surface area contributed by atoms with Gasteiger partial charge in [0.05, 0.1) is 5.01 Å². The molecule has 0 aliphatic heterocycles. The summed E-state index contributed by atoms with van der Waals surface area (Å²) >= 11 is 0.879. The topological polar surface area (TPSA) is 74.8 Å². The molecule has 22 heavy (non-hydrogen) atoms. The minimum atomic E-state index is -4.47. The van der Waals surface area contributed by atoms with Gasteiger partial charge in [-0.05, 0) is 19.1 Å². The van der Waals surface area contributed by atoms with Crippen LogP contribution in [0.4, 0.5) is 13.2 Å². The van der Waals surface area contributed by atoms with Gasteiger partial charge in [-0.15, -0.1) is 11.3 Å². The van der Waals surface area contributed by atoms with Gasteiger partial charge in [0.1, 0.15) is 5.56 Å². The number of rotatable bonds is 4. The number of amides is 1. The number of nitrogens with zero attached hydrogens (tertiary/aromatic N) is 1. The van der Waals surface area contributed by atoms with Crippen molar-refractivity contribution >= 4 is 17.2 Å². The van der Waals surface area contributed by atoms with Crippen LogP contribution in [0.15, 0.2) is 22.3 Å². The summed E-state index contributed by atoms with van der Waals surface area (Å²) in [6.07, 6.45) is -4.30. The summed E-state index contributed by atoms with van der Waals surface area (Å²) in [5.41, 5.74) is -0.857. The number of nitrogens with one attached hydrogen (secondary N) is 2. The highest BCUT2D eigenvalue weighted by atomic mass is 32.1. The minimum absolute atomic E-state index is 0.0410. The van der Waals surface area contributed by atoms with Crippen LogP contribution in [0.1, 0.15) is 26.8 Å². The number of aromatic nitrogens is 2. The van der Waals surface area contributed by atoms with Gasteiger partial charge in [0.2, 0.25) is 0 Å². The van der Waals surface area contributed by atoms with Crippen molar-refractivity contribution in [2.24, 2.45) is 0 Å². The first-order valence-electron chi connectivity index (χ1n) is 6.27. The second-order valence-corrected chi connectivity index (χ2v) is 5.46. The summed E-state index contributed by atoms with van der Waals surface area (Å²) in [4.78, 5) is 29.3. The number of pyridine rings is 1. The van der Waals surface area contributed by atoms with Crippen molar-refractivity contribution in [1.82, 2.24) is 15.3 Å². The van der Waals surface area contributed by atoms with Crippen molar-refractivity contribution in [3.63, 3.8) is 0 Å². The predicted octanol–water partition coefficient (Wildman–Crippen LogP) is 2.13. The van der Waals surface area contributed by atoms with E-state index in [9.17, 15) is 22.8 Å². The molecule has 0 spiro atoms. The molecule has 0 atom stereocenters. The second kappa shape index (κ2) is 6.30. The highest BCUT2D eigenvalue weighted by Gasteiger charge is 2.33. The zero-order chi connectivity index (χ0) is 16.3. The lowest BCUT2D eigenvalue weighted by Gasteiger charge is -2.04. The van der Waals surface area contributed by atoms with Gasteiger partial charge in [-0.1, -0.05) is 0 Å². The Balaban J connectivity index is 1.92. The summed E-state index contributed by atoms with van der Waals surface area (Å²) in [6, 6.07) is 2.99. The summed E-state index contributed by atoms with van der Waals surface area (Å²) in [5, 5.41) is 3.68. The smallest absolute Gasteiger partial charge is 0.351 e. The van der Waals surface area contributed by atoms with Crippen molar-refractivity contribution in [3.05, 3.63) is 49.8 Å². The second-order valence-electron chi connectivity index (χ2n) is 4.51. The third-order valence-electron chi connectivity index (χ3n) is 2.77. The Morgan fingerprint density at radius 3 is 2.73 bits per heavy atom. The van der Waals surface area contributed by atoms with Crippen LogP contribution in [0.3, 0.4) is 0 Å². The van der Waals surface area contributed by atoms with Gasteiger partial charge in [0, 0.05) is 24.0 Å². The summed E-state index contributed by atoms with van der Waals surface area (Å²) in [6.45, 7) is 1.78. The first-order valence-corrected chi connectivity index (χ1v) is 7.15. The Morgan fingerprint density at radius 2 is 2.14 bits per heavy atom. The number of carbonyl (C=O) groups is 1.